The van der Waals surface area contributed by atoms with E-state index in [1.54, 1.807) is 31.0 Å². The fourth-order valence-corrected chi connectivity index (χ4v) is 5.49. The Kier molecular flexibility index (Phi) is 9.67. The summed E-state index contributed by atoms with van der Waals surface area (Å²) in [6, 6.07) is 11.2. The molecule has 0 aliphatic rings. The highest BCUT2D eigenvalue weighted by Gasteiger charge is 2.15. The van der Waals surface area contributed by atoms with Crippen LogP contribution >= 0.6 is 46.5 Å². The largest absolute Gasteiger partial charge is 0.493 e. The molecule has 3 aromatic rings. The number of methoxy groups -OCH3 is 3. The number of nitrogens with zero attached hydrogens (tertiary/aromatic N) is 3. The zero-order chi connectivity index (χ0) is 23.6. The number of ether oxygens (including phenoxy) is 3. The molecule has 0 fully saturated rings. The van der Waals surface area contributed by atoms with Gasteiger partial charge >= 0.3 is 0 Å². The predicted octanol–water partition coefficient (Wildman–Crippen LogP) is 4.75. The zero-order valence-corrected chi connectivity index (χ0v) is 21.2. The molecule has 0 radical (unpaired) electrons. The third-order valence-corrected chi connectivity index (χ3v) is 7.63. The molecule has 33 heavy (non-hydrogen) atoms. The van der Waals surface area contributed by atoms with Crippen molar-refractivity contribution in [2.75, 3.05) is 27.1 Å². The van der Waals surface area contributed by atoms with Crippen molar-refractivity contribution >= 4 is 58.6 Å². The van der Waals surface area contributed by atoms with Crippen molar-refractivity contribution < 1.29 is 19.0 Å². The minimum Gasteiger partial charge on any atom is -0.493 e. The Morgan fingerprint density at radius 1 is 1.03 bits per heavy atom. The van der Waals surface area contributed by atoms with Gasteiger partial charge < -0.3 is 14.2 Å². The normalized spacial score (nSPS) is 10.9. The van der Waals surface area contributed by atoms with E-state index in [-0.39, 0.29) is 11.7 Å². The van der Waals surface area contributed by atoms with Crippen LogP contribution in [0.15, 0.2) is 50.2 Å². The summed E-state index contributed by atoms with van der Waals surface area (Å²) < 4.78 is 17.5. The summed E-state index contributed by atoms with van der Waals surface area (Å²) in [6.07, 6.45) is 1.49. The Balaban J connectivity index is 1.48. The van der Waals surface area contributed by atoms with Gasteiger partial charge in [0.15, 0.2) is 20.2 Å². The van der Waals surface area contributed by atoms with Crippen LogP contribution in [-0.2, 0) is 10.5 Å². The minimum absolute atomic E-state index is 0.164. The first-order valence-electron chi connectivity index (χ1n) is 9.48. The zero-order valence-electron chi connectivity index (χ0n) is 18.0. The van der Waals surface area contributed by atoms with Crippen molar-refractivity contribution in [1.82, 2.24) is 15.6 Å². The minimum atomic E-state index is -0.263. The maximum absolute atomic E-state index is 12.1. The highest BCUT2D eigenvalue weighted by atomic mass is 35.5. The molecule has 1 heterocycles. The van der Waals surface area contributed by atoms with E-state index < -0.39 is 0 Å². The van der Waals surface area contributed by atoms with E-state index in [0.717, 1.165) is 15.7 Å². The Morgan fingerprint density at radius 2 is 1.73 bits per heavy atom. The van der Waals surface area contributed by atoms with Gasteiger partial charge in [-0.05, 0) is 29.8 Å². The Bertz CT molecular complexity index is 1110. The molecule has 0 unspecified atom stereocenters. The first-order valence-corrected chi connectivity index (χ1v) is 12.6. The second-order valence-electron chi connectivity index (χ2n) is 6.25. The molecule has 0 aliphatic carbocycles. The van der Waals surface area contributed by atoms with Crippen molar-refractivity contribution in [2.45, 2.75) is 14.4 Å². The standard InChI is InChI=1S/C21H21ClN4O4S3/c1-28-16-9-6-14(18(29-2)19(16)30-3)10-23-24-17(27)12-32-21-26-25-20(33-21)31-11-13-4-7-15(22)8-5-13/h4-10H,11-12H2,1-3H3,(H,24,27)/b23-10-. The summed E-state index contributed by atoms with van der Waals surface area (Å²) in [7, 11) is 4.59. The lowest BCUT2D eigenvalue weighted by molar-refractivity contribution is -0.118. The molecule has 2 aromatic carbocycles. The van der Waals surface area contributed by atoms with Gasteiger partial charge in [-0.15, -0.1) is 10.2 Å². The molecule has 0 atom stereocenters. The van der Waals surface area contributed by atoms with Crippen LogP contribution in [0, 0.1) is 0 Å². The molecular formula is C21H21ClN4O4S3. The van der Waals surface area contributed by atoms with Gasteiger partial charge in [0, 0.05) is 16.3 Å². The molecule has 0 saturated carbocycles. The van der Waals surface area contributed by atoms with Gasteiger partial charge in [-0.2, -0.15) is 5.10 Å². The highest BCUT2D eigenvalue weighted by molar-refractivity contribution is 8.03. The van der Waals surface area contributed by atoms with Crippen LogP contribution in [0.2, 0.25) is 5.02 Å². The van der Waals surface area contributed by atoms with E-state index in [9.17, 15) is 4.79 Å². The SMILES string of the molecule is COc1ccc(/C=N\NC(=O)CSc2nnc(SCc3ccc(Cl)cc3)s2)c(OC)c1OC. The lowest BCUT2D eigenvalue weighted by Crippen LogP contribution is -2.19. The maximum Gasteiger partial charge on any atom is 0.250 e. The average Bonchev–Trinajstić information content (AvgIpc) is 3.29. The summed E-state index contributed by atoms with van der Waals surface area (Å²) in [5.74, 6) is 2.12. The Morgan fingerprint density at radius 3 is 2.39 bits per heavy atom. The number of hydrogen-bond donors (Lipinski definition) is 1. The number of amides is 1. The summed E-state index contributed by atoms with van der Waals surface area (Å²) in [6.45, 7) is 0. The van der Waals surface area contributed by atoms with E-state index in [1.165, 1.54) is 43.5 Å². The van der Waals surface area contributed by atoms with Crippen LogP contribution in [0.25, 0.3) is 0 Å². The molecule has 1 N–H and O–H groups in total. The van der Waals surface area contributed by atoms with Crippen LogP contribution in [0.4, 0.5) is 0 Å². The molecule has 1 aromatic heterocycles. The van der Waals surface area contributed by atoms with Gasteiger partial charge in [0.05, 0.1) is 33.3 Å². The summed E-state index contributed by atoms with van der Waals surface area (Å²) >= 11 is 10.2. The third-order valence-electron chi connectivity index (χ3n) is 4.12. The van der Waals surface area contributed by atoms with Crippen molar-refractivity contribution in [3.8, 4) is 17.2 Å². The number of rotatable bonds is 11. The average molecular weight is 525 g/mol. The number of benzene rings is 2. The molecule has 3 rings (SSSR count). The van der Waals surface area contributed by atoms with Crippen LogP contribution in [0.5, 0.6) is 17.2 Å². The summed E-state index contributed by atoms with van der Waals surface area (Å²) in [5.41, 5.74) is 4.28. The molecule has 0 aliphatic heterocycles. The van der Waals surface area contributed by atoms with Gasteiger partial charge in [-0.1, -0.05) is 58.6 Å². The first-order chi connectivity index (χ1) is 16.0. The second-order valence-corrected chi connectivity index (χ2v) is 10.1. The van der Waals surface area contributed by atoms with Crippen LogP contribution < -0.4 is 19.6 Å². The van der Waals surface area contributed by atoms with E-state index in [2.05, 4.69) is 20.7 Å². The number of carbonyl (C=O) groups excluding carboxylic acids is 1. The molecular weight excluding hydrogens is 504 g/mol. The number of carbonyl (C=O) groups is 1. The topological polar surface area (TPSA) is 94.9 Å². The van der Waals surface area contributed by atoms with Gasteiger partial charge in [0.25, 0.3) is 5.91 Å². The second kappa shape index (κ2) is 12.7. The number of halogens is 1. The van der Waals surface area contributed by atoms with E-state index in [1.807, 2.05) is 24.3 Å². The van der Waals surface area contributed by atoms with Gasteiger partial charge in [0.1, 0.15) is 0 Å². The van der Waals surface area contributed by atoms with Crippen molar-refractivity contribution in [2.24, 2.45) is 5.10 Å². The number of hydrogen-bond acceptors (Lipinski definition) is 10. The van der Waals surface area contributed by atoms with Crippen molar-refractivity contribution in [3.63, 3.8) is 0 Å². The number of hydrazone groups is 1. The molecule has 1 amide bonds. The molecule has 0 saturated heterocycles. The smallest absolute Gasteiger partial charge is 0.250 e. The van der Waals surface area contributed by atoms with Gasteiger partial charge in [0.2, 0.25) is 5.75 Å². The quantitative estimate of drug-likeness (QED) is 0.218. The predicted molar refractivity (Wildman–Crippen MR) is 133 cm³/mol. The summed E-state index contributed by atoms with van der Waals surface area (Å²) in [5, 5.41) is 13.0. The van der Waals surface area contributed by atoms with Crippen LogP contribution in [0.1, 0.15) is 11.1 Å². The fraction of sp³-hybridized carbons (Fsp3) is 0.238. The number of thioether (sulfide) groups is 2. The van der Waals surface area contributed by atoms with Crippen molar-refractivity contribution in [3.05, 3.63) is 52.5 Å². The van der Waals surface area contributed by atoms with Crippen molar-refractivity contribution in [1.29, 1.82) is 0 Å². The summed E-state index contributed by atoms with van der Waals surface area (Å²) in [4.78, 5) is 12.1. The van der Waals surface area contributed by atoms with Gasteiger partial charge in [-0.3, -0.25) is 4.79 Å². The first kappa shape index (κ1) is 25.2. The highest BCUT2D eigenvalue weighted by Crippen LogP contribution is 2.39. The van der Waals surface area contributed by atoms with E-state index in [0.29, 0.717) is 32.2 Å². The van der Waals surface area contributed by atoms with Crippen LogP contribution in [0.3, 0.4) is 0 Å². The molecule has 0 bridgehead atoms. The maximum atomic E-state index is 12.1. The lowest BCUT2D eigenvalue weighted by atomic mass is 10.2. The fourth-order valence-electron chi connectivity index (χ4n) is 2.60. The van der Waals surface area contributed by atoms with E-state index >= 15 is 0 Å². The van der Waals surface area contributed by atoms with E-state index in [4.69, 9.17) is 25.8 Å². The molecule has 12 heteroatoms. The van der Waals surface area contributed by atoms with Gasteiger partial charge in [-0.25, -0.2) is 5.43 Å². The lowest BCUT2D eigenvalue weighted by Gasteiger charge is -2.13. The number of nitrogens with one attached hydrogen (secondary N) is 1. The molecule has 174 valence electrons. The Hall–Kier alpha value is -2.47. The number of aromatic nitrogens is 2. The molecule has 0 spiro atoms. The third kappa shape index (κ3) is 7.26. The Labute approximate surface area is 209 Å². The van der Waals surface area contributed by atoms with Crippen LogP contribution in [-0.4, -0.2) is 49.4 Å². The molecule has 8 nitrogen and oxygen atoms in total. The monoisotopic (exact) mass is 524 g/mol.